The van der Waals surface area contributed by atoms with Crippen LogP contribution in [0.4, 0.5) is 5.00 Å². The second kappa shape index (κ2) is 14.8. The molecule has 41 heavy (non-hydrogen) atoms. The minimum atomic E-state index is -0.671. The van der Waals surface area contributed by atoms with E-state index in [0.717, 1.165) is 27.8 Å². The van der Waals surface area contributed by atoms with E-state index in [1.807, 2.05) is 0 Å². The third-order valence-corrected chi connectivity index (χ3v) is 8.57. The molecule has 0 saturated carbocycles. The third kappa shape index (κ3) is 7.95. The van der Waals surface area contributed by atoms with Crippen molar-refractivity contribution >= 4 is 79.4 Å². The molecule has 0 aliphatic carbocycles. The number of thiazole rings is 1. The lowest BCUT2D eigenvalue weighted by Crippen LogP contribution is -2.23. The highest BCUT2D eigenvalue weighted by molar-refractivity contribution is 8.00. The van der Waals surface area contributed by atoms with E-state index in [0.29, 0.717) is 21.6 Å². The van der Waals surface area contributed by atoms with Crippen molar-refractivity contribution in [1.82, 2.24) is 4.57 Å². The van der Waals surface area contributed by atoms with E-state index in [1.54, 1.807) is 43.5 Å². The second-order valence-corrected chi connectivity index (χ2v) is 11.1. The number of carbonyl (C=O) groups excluding carboxylic acids is 5. The van der Waals surface area contributed by atoms with Crippen LogP contribution in [0.1, 0.15) is 39.4 Å². The predicted molar refractivity (Wildman–Crippen MR) is 156 cm³/mol. The van der Waals surface area contributed by atoms with Gasteiger partial charge < -0.3 is 28.8 Å². The highest BCUT2D eigenvalue weighted by Gasteiger charge is 2.27. The number of anilines is 1. The van der Waals surface area contributed by atoms with Crippen LogP contribution in [0.5, 0.6) is 5.75 Å². The summed E-state index contributed by atoms with van der Waals surface area (Å²) in [5, 5.41) is 2.80. The molecule has 15 heteroatoms. The maximum atomic E-state index is 12.7. The van der Waals surface area contributed by atoms with Crippen molar-refractivity contribution in [3.05, 3.63) is 39.0 Å². The largest absolute Gasteiger partial charge is 0.497 e. The van der Waals surface area contributed by atoms with Gasteiger partial charge in [0, 0.05) is 0 Å². The number of benzene rings is 1. The summed E-state index contributed by atoms with van der Waals surface area (Å²) < 4.78 is 22.5. The summed E-state index contributed by atoms with van der Waals surface area (Å²) in [4.78, 5) is 66.9. The standard InChI is InChI=1S/C26H29N3O9S3/c1-6-37-24(33)21-14(3)22(25(34)38-7-2)41-23(21)27-18(30)12-39-13-19(31)28-26-29(11-20(32)36-5)16-9-8-15(35-4)10-17(16)40-26/h8-10H,6-7,11-13H2,1-5H3,(H,27,30). The zero-order valence-electron chi connectivity index (χ0n) is 23.1. The first kappa shape index (κ1) is 31.8. The Bertz CT molecular complexity index is 1540. The van der Waals surface area contributed by atoms with Crippen molar-refractivity contribution in [3.63, 3.8) is 0 Å². The molecule has 2 heterocycles. The summed E-state index contributed by atoms with van der Waals surface area (Å²) >= 11 is 3.15. The van der Waals surface area contributed by atoms with Gasteiger partial charge in [0.2, 0.25) is 5.91 Å². The number of aromatic nitrogens is 1. The van der Waals surface area contributed by atoms with Gasteiger partial charge in [0.05, 0.1) is 54.7 Å². The molecule has 0 atom stereocenters. The summed E-state index contributed by atoms with van der Waals surface area (Å²) in [6, 6.07) is 5.28. The van der Waals surface area contributed by atoms with E-state index in [-0.39, 0.29) is 46.7 Å². The Morgan fingerprint density at radius 2 is 1.71 bits per heavy atom. The molecule has 220 valence electrons. The molecule has 1 N–H and O–H groups in total. The lowest BCUT2D eigenvalue weighted by atomic mass is 10.1. The Balaban J connectivity index is 1.73. The van der Waals surface area contributed by atoms with Crippen molar-refractivity contribution in [3.8, 4) is 5.75 Å². The number of hydrogen-bond donors (Lipinski definition) is 1. The van der Waals surface area contributed by atoms with Gasteiger partial charge in [-0.3, -0.25) is 14.4 Å². The van der Waals surface area contributed by atoms with Crippen LogP contribution in [0.15, 0.2) is 23.2 Å². The Morgan fingerprint density at radius 1 is 1.00 bits per heavy atom. The van der Waals surface area contributed by atoms with Crippen molar-refractivity contribution in [2.45, 2.75) is 27.3 Å². The third-order valence-electron chi connectivity index (χ3n) is 5.42. The second-order valence-electron chi connectivity index (χ2n) is 8.13. The molecule has 1 aromatic carbocycles. The van der Waals surface area contributed by atoms with Gasteiger partial charge in [-0.1, -0.05) is 11.3 Å². The van der Waals surface area contributed by atoms with Crippen LogP contribution in [0.25, 0.3) is 10.2 Å². The molecule has 0 aliphatic heterocycles. The molecule has 0 spiro atoms. The van der Waals surface area contributed by atoms with Gasteiger partial charge in [-0.2, -0.15) is 4.99 Å². The molecule has 0 saturated heterocycles. The van der Waals surface area contributed by atoms with Gasteiger partial charge in [-0.05, 0) is 44.5 Å². The van der Waals surface area contributed by atoms with Crippen LogP contribution in [-0.4, -0.2) is 73.2 Å². The Kier molecular flexibility index (Phi) is 11.5. The highest BCUT2D eigenvalue weighted by Crippen LogP contribution is 2.34. The number of rotatable bonds is 12. The highest BCUT2D eigenvalue weighted by atomic mass is 32.2. The fourth-order valence-electron chi connectivity index (χ4n) is 3.59. The van der Waals surface area contributed by atoms with E-state index in [9.17, 15) is 24.0 Å². The maximum Gasteiger partial charge on any atom is 0.348 e. The maximum absolute atomic E-state index is 12.7. The number of carbonyl (C=O) groups is 5. The van der Waals surface area contributed by atoms with Crippen LogP contribution < -0.4 is 14.9 Å². The van der Waals surface area contributed by atoms with Gasteiger partial charge in [0.25, 0.3) is 5.91 Å². The Hall–Kier alpha value is -3.69. The fourth-order valence-corrected chi connectivity index (χ4v) is 6.37. The number of nitrogens with zero attached hydrogens (tertiary/aromatic N) is 2. The summed E-state index contributed by atoms with van der Waals surface area (Å²) in [5.41, 5.74) is 1.12. The molecule has 2 aromatic heterocycles. The van der Waals surface area contributed by atoms with Crippen LogP contribution in [-0.2, 0) is 35.1 Å². The summed E-state index contributed by atoms with van der Waals surface area (Å²) in [6.45, 7) is 5.02. The normalized spacial score (nSPS) is 11.3. The van der Waals surface area contributed by atoms with Crippen LogP contribution in [0.2, 0.25) is 0 Å². The average Bonchev–Trinajstić information content (AvgIpc) is 3.44. The topological polar surface area (TPSA) is 152 Å². The molecular weight excluding hydrogens is 594 g/mol. The van der Waals surface area contributed by atoms with Crippen molar-refractivity contribution in [2.75, 3.05) is 44.3 Å². The molecule has 0 aliphatic rings. The first-order chi connectivity index (χ1) is 19.6. The zero-order chi connectivity index (χ0) is 30.1. The molecule has 3 aromatic rings. The van der Waals surface area contributed by atoms with E-state index in [2.05, 4.69) is 10.3 Å². The first-order valence-corrected chi connectivity index (χ1v) is 15.1. The van der Waals surface area contributed by atoms with Gasteiger partial charge in [0.1, 0.15) is 22.2 Å². The number of fused-ring (bicyclic) bond motifs is 1. The van der Waals surface area contributed by atoms with E-state index >= 15 is 0 Å². The number of ether oxygens (including phenoxy) is 4. The monoisotopic (exact) mass is 623 g/mol. The molecule has 0 fully saturated rings. The fraction of sp³-hybridized carbons (Fsp3) is 0.385. The smallest absolute Gasteiger partial charge is 0.348 e. The predicted octanol–water partition coefficient (Wildman–Crippen LogP) is 3.41. The molecule has 3 rings (SSSR count). The van der Waals surface area contributed by atoms with Crippen molar-refractivity contribution < 1.29 is 42.9 Å². The number of nitrogens with one attached hydrogen (secondary N) is 1. The van der Waals surface area contributed by atoms with E-state index in [4.69, 9.17) is 18.9 Å². The molecule has 0 radical (unpaired) electrons. The number of amides is 2. The number of hydrogen-bond acceptors (Lipinski definition) is 12. The molecule has 2 amide bonds. The van der Waals surface area contributed by atoms with Gasteiger partial charge in [-0.15, -0.1) is 23.1 Å². The quantitative estimate of drug-likeness (QED) is 0.235. The van der Waals surface area contributed by atoms with Crippen LogP contribution in [0, 0.1) is 6.92 Å². The average molecular weight is 624 g/mol. The number of thiophene rings is 1. The summed E-state index contributed by atoms with van der Waals surface area (Å²) in [7, 11) is 2.81. The summed E-state index contributed by atoms with van der Waals surface area (Å²) in [6.07, 6.45) is 0. The molecule has 0 unspecified atom stereocenters. The van der Waals surface area contributed by atoms with Crippen LogP contribution >= 0.6 is 34.4 Å². The van der Waals surface area contributed by atoms with Crippen LogP contribution in [0.3, 0.4) is 0 Å². The lowest BCUT2D eigenvalue weighted by Gasteiger charge is -2.07. The number of thioether (sulfide) groups is 1. The summed E-state index contributed by atoms with van der Waals surface area (Å²) in [5.74, 6) is -2.40. The SMILES string of the molecule is CCOC(=O)c1sc(NC(=O)CSCC(=O)N=c2sc3cc(OC)ccc3n2CC(=O)OC)c(C(=O)OCC)c1C. The number of methoxy groups -OCH3 is 2. The molecule has 0 bridgehead atoms. The Labute approximate surface area is 247 Å². The van der Waals surface area contributed by atoms with Crippen molar-refractivity contribution in [1.29, 1.82) is 0 Å². The lowest BCUT2D eigenvalue weighted by molar-refractivity contribution is -0.141. The van der Waals surface area contributed by atoms with Gasteiger partial charge >= 0.3 is 17.9 Å². The number of esters is 3. The van der Waals surface area contributed by atoms with E-state index < -0.39 is 29.7 Å². The van der Waals surface area contributed by atoms with Gasteiger partial charge in [0.15, 0.2) is 4.80 Å². The minimum absolute atomic E-state index is 0.0841. The molecule has 12 nitrogen and oxygen atoms in total. The zero-order valence-corrected chi connectivity index (χ0v) is 25.5. The first-order valence-electron chi connectivity index (χ1n) is 12.3. The van der Waals surface area contributed by atoms with Crippen molar-refractivity contribution in [2.24, 2.45) is 4.99 Å². The van der Waals surface area contributed by atoms with E-state index in [1.165, 1.54) is 25.6 Å². The van der Waals surface area contributed by atoms with Gasteiger partial charge in [-0.25, -0.2) is 9.59 Å². The minimum Gasteiger partial charge on any atom is -0.497 e. The Morgan fingerprint density at radius 3 is 2.37 bits per heavy atom. The molecular formula is C26H29N3O9S3.